The van der Waals surface area contributed by atoms with Gasteiger partial charge < -0.3 is 14.0 Å². The van der Waals surface area contributed by atoms with Gasteiger partial charge >= 0.3 is 0 Å². The number of thiazole rings is 1. The summed E-state index contributed by atoms with van der Waals surface area (Å²) in [5.74, 6) is 3.69. The summed E-state index contributed by atoms with van der Waals surface area (Å²) >= 11 is 4.76. The van der Waals surface area contributed by atoms with E-state index < -0.39 is 0 Å². The quantitative estimate of drug-likeness (QED) is 0.585. The van der Waals surface area contributed by atoms with Gasteiger partial charge in [0.2, 0.25) is 0 Å². The highest BCUT2D eigenvalue weighted by Crippen LogP contribution is 2.35. The number of ether oxygens (including phenoxy) is 2. The van der Waals surface area contributed by atoms with Crippen LogP contribution in [0.15, 0.2) is 45.9 Å². The number of aromatic nitrogens is 1. The van der Waals surface area contributed by atoms with Gasteiger partial charge in [0.15, 0.2) is 16.3 Å². The Hall–Kier alpha value is -2.56. The van der Waals surface area contributed by atoms with E-state index in [1.54, 1.807) is 12.1 Å². The van der Waals surface area contributed by atoms with Crippen LogP contribution in [-0.2, 0) is 6.54 Å². The molecule has 0 bridgehead atoms. The Morgan fingerprint density at radius 1 is 1.23 bits per heavy atom. The molecule has 1 aliphatic rings. The second-order valence-electron chi connectivity index (χ2n) is 5.56. The van der Waals surface area contributed by atoms with E-state index >= 15 is 0 Å². The fourth-order valence-corrected chi connectivity index (χ4v) is 3.98. The first kappa shape index (κ1) is 16.9. The van der Waals surface area contributed by atoms with Crippen LogP contribution in [0, 0.1) is 12.3 Å². The first-order valence-electron chi connectivity index (χ1n) is 7.87. The third-order valence-corrected chi connectivity index (χ3v) is 5.45. The van der Waals surface area contributed by atoms with Crippen LogP contribution in [0.25, 0.3) is 10.2 Å². The summed E-state index contributed by atoms with van der Waals surface area (Å²) in [6, 6.07) is 10.9. The number of halogens is 1. The predicted molar refractivity (Wildman–Crippen MR) is 104 cm³/mol. The van der Waals surface area contributed by atoms with Crippen molar-refractivity contribution in [2.24, 2.45) is 4.99 Å². The van der Waals surface area contributed by atoms with Gasteiger partial charge in [-0.1, -0.05) is 33.2 Å². The lowest BCUT2D eigenvalue weighted by atomic mass is 10.2. The summed E-state index contributed by atoms with van der Waals surface area (Å²) in [6.07, 6.45) is 5.52. The maximum atomic E-state index is 12.5. The molecule has 0 atom stereocenters. The SMILES string of the molecule is C#CCn1c(=NC(=O)c2ccc(Br)cc2)sc2cc3c(cc21)OCCO3. The Labute approximate surface area is 162 Å². The van der Waals surface area contributed by atoms with Gasteiger partial charge in [0.25, 0.3) is 5.91 Å². The summed E-state index contributed by atoms with van der Waals surface area (Å²) in [5.41, 5.74) is 1.39. The monoisotopic (exact) mass is 428 g/mol. The zero-order valence-corrected chi connectivity index (χ0v) is 16.0. The van der Waals surface area contributed by atoms with E-state index in [1.165, 1.54) is 11.3 Å². The predicted octanol–water partition coefficient (Wildman–Crippen LogP) is 3.61. The molecule has 26 heavy (non-hydrogen) atoms. The summed E-state index contributed by atoms with van der Waals surface area (Å²) in [7, 11) is 0. The van der Waals surface area contributed by atoms with Crippen molar-refractivity contribution in [1.29, 1.82) is 0 Å². The van der Waals surface area contributed by atoms with Crippen LogP contribution in [0.1, 0.15) is 10.4 Å². The van der Waals surface area contributed by atoms with Crippen LogP contribution in [-0.4, -0.2) is 23.7 Å². The molecule has 1 aromatic heterocycles. The Morgan fingerprint density at radius 3 is 2.62 bits per heavy atom. The second kappa shape index (κ2) is 6.98. The van der Waals surface area contributed by atoms with Gasteiger partial charge in [0.1, 0.15) is 13.2 Å². The van der Waals surface area contributed by atoms with Crippen LogP contribution in [0.5, 0.6) is 11.5 Å². The molecule has 1 amide bonds. The average molecular weight is 429 g/mol. The number of benzene rings is 2. The smallest absolute Gasteiger partial charge is 0.279 e. The number of carbonyl (C=O) groups is 1. The van der Waals surface area contributed by atoms with Gasteiger partial charge in [0.05, 0.1) is 16.8 Å². The third kappa shape index (κ3) is 3.14. The highest BCUT2D eigenvalue weighted by Gasteiger charge is 2.16. The lowest BCUT2D eigenvalue weighted by Crippen LogP contribution is -2.17. The van der Waals surface area contributed by atoms with Gasteiger partial charge in [-0.25, -0.2) is 0 Å². The zero-order valence-electron chi connectivity index (χ0n) is 13.6. The van der Waals surface area contributed by atoms with Gasteiger partial charge in [-0.3, -0.25) is 4.79 Å². The van der Waals surface area contributed by atoms with E-state index in [0.29, 0.717) is 41.6 Å². The molecule has 0 radical (unpaired) electrons. The molecule has 2 heterocycles. The molecule has 0 saturated carbocycles. The van der Waals surface area contributed by atoms with Crippen molar-refractivity contribution in [3.63, 3.8) is 0 Å². The maximum absolute atomic E-state index is 12.5. The Balaban J connectivity index is 1.85. The van der Waals surface area contributed by atoms with Crippen LogP contribution >= 0.6 is 27.3 Å². The summed E-state index contributed by atoms with van der Waals surface area (Å²) in [6.45, 7) is 1.34. The fourth-order valence-electron chi connectivity index (χ4n) is 2.68. The van der Waals surface area contributed by atoms with Gasteiger partial charge in [-0.05, 0) is 24.3 Å². The van der Waals surface area contributed by atoms with Crippen molar-refractivity contribution in [3.8, 4) is 23.8 Å². The summed E-state index contributed by atoms with van der Waals surface area (Å²) in [5, 5.41) is 0. The molecular weight excluding hydrogens is 416 g/mol. The van der Waals surface area contributed by atoms with E-state index in [1.807, 2.05) is 28.8 Å². The Bertz CT molecular complexity index is 1110. The average Bonchev–Trinajstić information content (AvgIpc) is 2.97. The van der Waals surface area contributed by atoms with Crippen LogP contribution in [0.3, 0.4) is 0 Å². The first-order chi connectivity index (χ1) is 12.7. The number of nitrogens with zero attached hydrogens (tertiary/aromatic N) is 2. The summed E-state index contributed by atoms with van der Waals surface area (Å²) < 4.78 is 15.0. The van der Waals surface area contributed by atoms with Crippen molar-refractivity contribution in [3.05, 3.63) is 51.2 Å². The molecule has 7 heteroatoms. The van der Waals surface area contributed by atoms with Crippen LogP contribution < -0.4 is 14.3 Å². The topological polar surface area (TPSA) is 52.8 Å². The molecule has 0 fully saturated rings. The molecule has 0 spiro atoms. The molecule has 0 unspecified atom stereocenters. The van der Waals surface area contributed by atoms with E-state index in [0.717, 1.165) is 14.7 Å². The Kier molecular flexibility index (Phi) is 4.53. The van der Waals surface area contributed by atoms with Crippen molar-refractivity contribution in [2.75, 3.05) is 13.2 Å². The number of terminal acetylenes is 1. The Morgan fingerprint density at radius 2 is 1.92 bits per heavy atom. The molecule has 5 nitrogen and oxygen atoms in total. The summed E-state index contributed by atoms with van der Waals surface area (Å²) in [4.78, 5) is 17.4. The molecule has 130 valence electrons. The van der Waals surface area contributed by atoms with Gasteiger partial charge in [0, 0.05) is 22.2 Å². The van der Waals surface area contributed by atoms with Crippen molar-refractivity contribution in [1.82, 2.24) is 4.57 Å². The fraction of sp³-hybridized carbons (Fsp3) is 0.158. The number of amides is 1. The molecular formula is C19H13BrN2O3S. The number of fused-ring (bicyclic) bond motifs is 2. The van der Waals surface area contributed by atoms with E-state index in [2.05, 4.69) is 26.8 Å². The molecule has 0 N–H and O–H groups in total. The molecule has 2 aromatic carbocycles. The number of hydrogen-bond donors (Lipinski definition) is 0. The number of hydrogen-bond acceptors (Lipinski definition) is 4. The lowest BCUT2D eigenvalue weighted by Gasteiger charge is -2.18. The van der Waals surface area contributed by atoms with Crippen LogP contribution in [0.4, 0.5) is 0 Å². The minimum Gasteiger partial charge on any atom is -0.486 e. The maximum Gasteiger partial charge on any atom is 0.279 e. The van der Waals surface area contributed by atoms with Crippen molar-refractivity contribution < 1.29 is 14.3 Å². The molecule has 0 aliphatic carbocycles. The van der Waals surface area contributed by atoms with E-state index in [9.17, 15) is 4.79 Å². The minimum absolute atomic E-state index is 0.312. The lowest BCUT2D eigenvalue weighted by molar-refractivity contribution is 0.0998. The molecule has 3 aromatic rings. The first-order valence-corrected chi connectivity index (χ1v) is 9.48. The van der Waals surface area contributed by atoms with Gasteiger partial charge in [-0.2, -0.15) is 4.99 Å². The van der Waals surface area contributed by atoms with Gasteiger partial charge in [-0.15, -0.1) is 6.42 Å². The van der Waals surface area contributed by atoms with E-state index in [4.69, 9.17) is 15.9 Å². The zero-order chi connectivity index (χ0) is 18.1. The molecule has 1 aliphatic heterocycles. The number of rotatable bonds is 2. The normalized spacial score (nSPS) is 13.6. The third-order valence-electron chi connectivity index (χ3n) is 3.88. The van der Waals surface area contributed by atoms with Crippen LogP contribution in [0.2, 0.25) is 0 Å². The van der Waals surface area contributed by atoms with Crippen molar-refractivity contribution >= 4 is 43.4 Å². The minimum atomic E-state index is -0.313. The highest BCUT2D eigenvalue weighted by molar-refractivity contribution is 9.10. The largest absolute Gasteiger partial charge is 0.486 e. The standard InChI is InChI=1S/C19H13BrN2O3S/c1-2-7-22-14-10-15-16(25-9-8-24-15)11-17(14)26-19(22)21-18(23)12-3-5-13(20)6-4-12/h1,3-6,10-11H,7-9H2. The highest BCUT2D eigenvalue weighted by atomic mass is 79.9. The number of carbonyl (C=O) groups excluding carboxylic acids is 1. The van der Waals surface area contributed by atoms with Crippen molar-refractivity contribution in [2.45, 2.75) is 6.54 Å². The van der Waals surface area contributed by atoms with E-state index in [-0.39, 0.29) is 5.91 Å². The molecule has 4 rings (SSSR count). The second-order valence-corrected chi connectivity index (χ2v) is 7.49. The molecule has 0 saturated heterocycles.